The summed E-state index contributed by atoms with van der Waals surface area (Å²) in [5.41, 5.74) is 8.85. The molecule has 0 bridgehead atoms. The zero-order valence-corrected chi connectivity index (χ0v) is 55.2. The predicted molar refractivity (Wildman–Crippen MR) is 307 cm³/mol. The Bertz CT molecular complexity index is 4240. The molecule has 21 heteroatoms. The molecule has 1 saturated heterocycles. The van der Waals surface area contributed by atoms with Crippen molar-refractivity contribution >= 4 is 82.3 Å². The minimum atomic E-state index is -4.67. The number of hydrogen-bond donors (Lipinski definition) is 1. The van der Waals surface area contributed by atoms with Gasteiger partial charge in [0.25, 0.3) is 0 Å². The molecule has 14 nitrogen and oxygen atoms in total. The largest absolute Gasteiger partial charge is 1.00 e. The first-order valence-electron chi connectivity index (χ1n) is 25.3. The Balaban J connectivity index is 0.000000211. The van der Waals surface area contributed by atoms with Gasteiger partial charge >= 0.3 is 110 Å². The Kier molecular flexibility index (Phi) is 22.3. The second-order valence-corrected chi connectivity index (χ2v) is 21.7. The van der Waals surface area contributed by atoms with Gasteiger partial charge in [-0.2, -0.15) is 24.3 Å². The number of fused-ring (bicyclic) bond motifs is 11. The van der Waals surface area contributed by atoms with Crippen LogP contribution in [0.5, 0.6) is 17.2 Å². The van der Waals surface area contributed by atoms with Crippen molar-refractivity contribution < 1.29 is 146 Å². The fourth-order valence-corrected chi connectivity index (χ4v) is 12.1. The molecule has 2 unspecified atom stereocenters. The molecule has 1 aliphatic carbocycles. The molecule has 13 rings (SSSR count). The summed E-state index contributed by atoms with van der Waals surface area (Å²) < 4.78 is 106. The first-order valence-corrected chi connectivity index (χ1v) is 29.1. The van der Waals surface area contributed by atoms with Gasteiger partial charge in [0.2, 0.25) is 0 Å². The van der Waals surface area contributed by atoms with Gasteiger partial charge in [0.15, 0.2) is 11.2 Å². The number of ether oxygens (including phenoxy) is 3. The molecule has 9 aromatic rings. The topological polar surface area (TPSA) is 211 Å². The van der Waals surface area contributed by atoms with Crippen LogP contribution in [-0.4, -0.2) is 63.5 Å². The van der Waals surface area contributed by atoms with Gasteiger partial charge in [-0.1, -0.05) is 132 Å². The molecule has 4 aliphatic rings. The van der Waals surface area contributed by atoms with Crippen LogP contribution in [0.1, 0.15) is 62.9 Å². The van der Waals surface area contributed by atoms with Crippen LogP contribution in [0.2, 0.25) is 5.02 Å². The summed E-state index contributed by atoms with van der Waals surface area (Å²) in [4.78, 5) is 2.16. The van der Waals surface area contributed by atoms with Crippen molar-refractivity contribution in [3.63, 3.8) is 0 Å². The van der Waals surface area contributed by atoms with E-state index in [0.29, 0.717) is 16.9 Å². The van der Waals surface area contributed by atoms with Gasteiger partial charge < -0.3 is 28.8 Å². The number of rotatable bonds is 8. The quantitative estimate of drug-likeness (QED) is 0.132. The van der Waals surface area contributed by atoms with E-state index >= 15 is 0 Å². The second-order valence-electron chi connectivity index (χ2n) is 19.2. The number of aliphatic hydroxyl groups is 1. The van der Waals surface area contributed by atoms with E-state index in [1.165, 1.54) is 30.4 Å². The minimum Gasteiger partial charge on any atom is -0.745 e. The third-order valence-corrected chi connectivity index (χ3v) is 16.0. The maximum atomic E-state index is 12.2. The summed E-state index contributed by atoms with van der Waals surface area (Å²) in [5, 5.41) is 14.5. The molecular formula is C63H47ClNNa3O13S3. The molecule has 410 valence electrons. The van der Waals surface area contributed by atoms with Crippen molar-refractivity contribution in [3.05, 3.63) is 243 Å². The number of methoxy groups -OCH3 is 1. The van der Waals surface area contributed by atoms with Crippen LogP contribution in [-0.2, 0) is 55.6 Å². The van der Waals surface area contributed by atoms with Gasteiger partial charge in [0.1, 0.15) is 27.4 Å². The number of halogens is 1. The molecular weight excluding hydrogens is 1180 g/mol. The van der Waals surface area contributed by atoms with Crippen molar-refractivity contribution in [1.82, 2.24) is 0 Å². The van der Waals surface area contributed by atoms with Gasteiger partial charge in [-0.15, -0.1) is 71.4 Å². The molecule has 9 aromatic carbocycles. The zero-order valence-electron chi connectivity index (χ0n) is 46.0. The van der Waals surface area contributed by atoms with Crippen molar-refractivity contribution in [2.45, 2.75) is 42.0 Å². The fraction of sp³-hybridized carbons (Fsp3) is 0.143. The van der Waals surface area contributed by atoms with Crippen LogP contribution in [0.15, 0.2) is 181 Å². The number of hydrogen-bond acceptors (Lipinski definition) is 14. The van der Waals surface area contributed by atoms with Crippen LogP contribution >= 0.6 is 11.6 Å². The summed E-state index contributed by atoms with van der Waals surface area (Å²) in [7, 11) is -9.27. The van der Waals surface area contributed by atoms with Crippen LogP contribution in [0.4, 0.5) is 5.69 Å². The average Bonchev–Trinajstić information content (AvgIpc) is 1.48. The molecule has 0 saturated carbocycles. The molecule has 0 spiro atoms. The second kappa shape index (κ2) is 28.4. The van der Waals surface area contributed by atoms with E-state index in [4.69, 9.17) is 51.1 Å². The average molecular weight is 1230 g/mol. The Hall–Kier alpha value is -5.42. The van der Waals surface area contributed by atoms with Gasteiger partial charge in [0.05, 0.1) is 24.4 Å². The van der Waals surface area contributed by atoms with E-state index in [0.717, 1.165) is 102 Å². The van der Waals surface area contributed by atoms with Gasteiger partial charge in [-0.05, 0) is 77.6 Å². The monoisotopic (exact) mass is 1230 g/mol. The number of anilines is 1. The van der Waals surface area contributed by atoms with Gasteiger partial charge in [-0.25, -0.2) is 8.42 Å². The third kappa shape index (κ3) is 13.6. The van der Waals surface area contributed by atoms with E-state index in [1.807, 2.05) is 103 Å². The minimum absolute atomic E-state index is 0. The fourth-order valence-electron chi connectivity index (χ4n) is 11.1. The van der Waals surface area contributed by atoms with E-state index in [2.05, 4.69) is 89.8 Å². The number of benzene rings is 9. The normalized spacial score (nSPS) is 16.4. The molecule has 2 atom stereocenters. The molecule has 0 aromatic heterocycles. The van der Waals surface area contributed by atoms with E-state index in [9.17, 15) is 18.1 Å². The molecule has 1 fully saturated rings. The number of nitrogens with zero attached hydrogens (tertiary/aromatic N) is 1. The maximum Gasteiger partial charge on any atom is 1.00 e. The first-order chi connectivity index (χ1) is 39.0. The van der Waals surface area contributed by atoms with Crippen molar-refractivity contribution in [2.24, 2.45) is 0 Å². The SMILES string of the molecule is COc1ccc(C2(c3ccc(CO)cc3)C=Cc3c4c(c5ccccc5c3O2)-c2[c-]ccc(S(=O)(=O)[O-])c2C4)cc1.Clc1cc(C2(c3ccccc3)C=Cc3c(ccc4c[c-]ccc34)O2)ccc1N1CCCC1.O=S(=O)=O.O=S(=O)=O.[Na+].[Na+].[Na+]. The van der Waals surface area contributed by atoms with Gasteiger partial charge in [-0.3, -0.25) is 0 Å². The van der Waals surface area contributed by atoms with Crippen LogP contribution in [0.25, 0.3) is 44.8 Å². The Morgan fingerprint density at radius 2 is 1.25 bits per heavy atom. The van der Waals surface area contributed by atoms with Crippen LogP contribution in [0, 0.1) is 12.1 Å². The Morgan fingerprint density at radius 1 is 0.667 bits per heavy atom. The summed E-state index contributed by atoms with van der Waals surface area (Å²) in [5.74, 6) is 2.26. The van der Waals surface area contributed by atoms with Crippen molar-refractivity contribution in [1.29, 1.82) is 0 Å². The summed E-state index contributed by atoms with van der Waals surface area (Å²) >= 11 is 6.83. The van der Waals surface area contributed by atoms with Crippen molar-refractivity contribution in [3.8, 4) is 28.4 Å². The number of aliphatic hydroxyl groups excluding tert-OH is 1. The van der Waals surface area contributed by atoms with E-state index in [-0.39, 0.29) is 107 Å². The molecule has 0 radical (unpaired) electrons. The summed E-state index contributed by atoms with van der Waals surface area (Å²) in [6.45, 7) is 2.07. The van der Waals surface area contributed by atoms with Gasteiger partial charge in [0, 0.05) is 51.9 Å². The maximum absolute atomic E-state index is 12.2. The Morgan fingerprint density at radius 3 is 1.87 bits per heavy atom. The van der Waals surface area contributed by atoms with Crippen LogP contribution in [0.3, 0.4) is 0 Å². The van der Waals surface area contributed by atoms with E-state index in [1.54, 1.807) is 7.11 Å². The predicted octanol–water partition coefficient (Wildman–Crippen LogP) is 2.21. The smallest absolute Gasteiger partial charge is 0.745 e. The zero-order chi connectivity index (χ0) is 57.1. The summed E-state index contributed by atoms with van der Waals surface area (Å²) in [6, 6.07) is 59.5. The molecule has 84 heavy (non-hydrogen) atoms. The summed E-state index contributed by atoms with van der Waals surface area (Å²) in [6.07, 6.45) is 11.1. The van der Waals surface area contributed by atoms with Crippen LogP contribution < -0.4 is 108 Å². The third-order valence-electron chi connectivity index (χ3n) is 14.7. The molecule has 1 N–H and O–H groups in total. The Labute approximate surface area is 560 Å². The molecule has 3 aliphatic heterocycles. The first kappa shape index (κ1) is 66.1. The molecule has 0 amide bonds. The standard InChI is InChI=1S/C34H25O6S.C29H23ClNO.3Na.2O3S/c1-39-24-15-13-23(14-16-24)34(22-11-9-21(20-35)10-12-22)18-17-28-30-19-29-26(7-4-8-31(29)41(36,37)38)32(30)25-5-2-3-6-27(25)33(28)40-34;30-26-20-23(13-14-27(26)31-18-6-7-19-31)29(22-9-2-1-3-10-22)17-16-25-24-11-5-4-8-21(24)12-15-28(25)32-29;;;;2*1-4(2)3/h2-6,8-18,35H,19-20H2,1H3,(H,36,37,38);1-3,5,8-17,20H,6-7,18-19H2;;;;;/q2*-1;3*+1;;/p-1. The van der Waals surface area contributed by atoms with Crippen molar-refractivity contribution in [2.75, 3.05) is 25.1 Å². The van der Waals surface area contributed by atoms with E-state index < -0.39 is 42.5 Å². The molecule has 3 heterocycles.